The van der Waals surface area contributed by atoms with Gasteiger partial charge in [-0.2, -0.15) is 0 Å². The topological polar surface area (TPSA) is 88.9 Å². The minimum absolute atomic E-state index is 0.275. The first kappa shape index (κ1) is 22.3. The molecule has 1 fully saturated rings. The molecule has 0 radical (unpaired) electrons. The summed E-state index contributed by atoms with van der Waals surface area (Å²) in [5, 5.41) is 3.24. The van der Waals surface area contributed by atoms with Gasteiger partial charge in [0.05, 0.1) is 17.7 Å². The van der Waals surface area contributed by atoms with Gasteiger partial charge in [-0.15, -0.1) is 0 Å². The summed E-state index contributed by atoms with van der Waals surface area (Å²) in [7, 11) is 0. The first-order chi connectivity index (χ1) is 14.4. The summed E-state index contributed by atoms with van der Waals surface area (Å²) in [6, 6.07) is 6.81. The van der Waals surface area contributed by atoms with Gasteiger partial charge in [0.1, 0.15) is 12.2 Å². The SMILES string of the molecule is CCC[C@@H](NC(=O)N1C(=O)C(CC)(CC)[C@@H]1OCC(=O)Cl)c1ccc2occc2c1. The van der Waals surface area contributed by atoms with Crippen LogP contribution in [0.25, 0.3) is 11.0 Å². The number of halogens is 1. The van der Waals surface area contributed by atoms with E-state index in [1.165, 1.54) is 0 Å². The van der Waals surface area contributed by atoms with Crippen molar-refractivity contribution in [2.45, 2.75) is 58.7 Å². The van der Waals surface area contributed by atoms with Crippen molar-refractivity contribution in [2.75, 3.05) is 6.61 Å². The number of β-lactam (4-membered cyclic amide) rings is 1. The maximum Gasteiger partial charge on any atom is 0.326 e. The van der Waals surface area contributed by atoms with Gasteiger partial charge in [-0.05, 0) is 54.6 Å². The highest BCUT2D eigenvalue weighted by atomic mass is 35.5. The fourth-order valence-corrected chi connectivity index (χ4v) is 4.21. The summed E-state index contributed by atoms with van der Waals surface area (Å²) in [6.07, 6.45) is 3.36. The monoisotopic (exact) mass is 434 g/mol. The number of hydrogen-bond donors (Lipinski definition) is 1. The second-order valence-corrected chi connectivity index (χ2v) is 7.99. The number of nitrogens with one attached hydrogen (secondary N) is 1. The lowest BCUT2D eigenvalue weighted by atomic mass is 9.72. The number of urea groups is 1. The molecule has 1 aliphatic heterocycles. The molecule has 0 bridgehead atoms. The minimum Gasteiger partial charge on any atom is -0.464 e. The molecule has 1 aliphatic rings. The molecule has 0 saturated carbocycles. The fourth-order valence-electron chi connectivity index (χ4n) is 4.14. The Kier molecular flexibility index (Phi) is 6.83. The van der Waals surface area contributed by atoms with E-state index in [-0.39, 0.29) is 18.6 Å². The van der Waals surface area contributed by atoms with Crippen molar-refractivity contribution in [3.8, 4) is 0 Å². The number of rotatable bonds is 9. The van der Waals surface area contributed by atoms with Crippen LogP contribution in [0.4, 0.5) is 4.79 Å². The van der Waals surface area contributed by atoms with Gasteiger partial charge < -0.3 is 14.5 Å². The predicted octanol–water partition coefficient (Wildman–Crippen LogP) is 4.74. The summed E-state index contributed by atoms with van der Waals surface area (Å²) >= 11 is 5.41. The highest BCUT2D eigenvalue weighted by molar-refractivity contribution is 6.63. The van der Waals surface area contributed by atoms with E-state index in [4.69, 9.17) is 20.8 Å². The van der Waals surface area contributed by atoms with Gasteiger partial charge in [-0.3, -0.25) is 9.59 Å². The average Bonchev–Trinajstić information content (AvgIpc) is 3.19. The Morgan fingerprint density at radius 2 is 2.00 bits per heavy atom. The molecule has 7 nitrogen and oxygen atoms in total. The van der Waals surface area contributed by atoms with Crippen LogP contribution in [0.1, 0.15) is 58.1 Å². The summed E-state index contributed by atoms with van der Waals surface area (Å²) in [6.45, 7) is 5.41. The molecule has 2 atom stereocenters. The van der Waals surface area contributed by atoms with E-state index in [2.05, 4.69) is 5.32 Å². The largest absolute Gasteiger partial charge is 0.464 e. The normalized spacial score (nSPS) is 18.9. The number of hydrogen-bond acceptors (Lipinski definition) is 5. The number of amides is 3. The number of ether oxygens (including phenoxy) is 1. The lowest BCUT2D eigenvalue weighted by Crippen LogP contribution is -2.72. The second-order valence-electron chi connectivity index (χ2n) is 7.57. The van der Waals surface area contributed by atoms with Crippen LogP contribution >= 0.6 is 11.6 Å². The Morgan fingerprint density at radius 3 is 2.63 bits per heavy atom. The van der Waals surface area contributed by atoms with Crippen molar-refractivity contribution in [2.24, 2.45) is 5.41 Å². The number of nitrogens with zero attached hydrogens (tertiary/aromatic N) is 1. The third-order valence-corrected chi connectivity index (χ3v) is 6.05. The molecule has 1 N–H and O–H groups in total. The molecule has 1 aromatic carbocycles. The second kappa shape index (κ2) is 9.18. The zero-order valence-electron chi connectivity index (χ0n) is 17.4. The molecule has 2 aromatic rings. The van der Waals surface area contributed by atoms with Gasteiger partial charge in [-0.25, -0.2) is 9.69 Å². The van der Waals surface area contributed by atoms with Gasteiger partial charge >= 0.3 is 6.03 Å². The zero-order chi connectivity index (χ0) is 21.9. The zero-order valence-corrected chi connectivity index (χ0v) is 18.2. The molecule has 162 valence electrons. The molecule has 2 heterocycles. The van der Waals surface area contributed by atoms with Crippen molar-refractivity contribution in [1.29, 1.82) is 0 Å². The molecule has 0 aliphatic carbocycles. The molecule has 8 heteroatoms. The maximum atomic E-state index is 13.1. The third-order valence-electron chi connectivity index (χ3n) is 5.94. The average molecular weight is 435 g/mol. The van der Waals surface area contributed by atoms with E-state index < -0.39 is 22.9 Å². The third kappa shape index (κ3) is 3.96. The first-order valence-corrected chi connectivity index (χ1v) is 10.7. The van der Waals surface area contributed by atoms with Crippen LogP contribution < -0.4 is 5.32 Å². The molecule has 0 spiro atoms. The van der Waals surface area contributed by atoms with Crippen LogP contribution in [0.15, 0.2) is 34.9 Å². The Hall–Kier alpha value is -2.38. The molecule has 1 aromatic heterocycles. The summed E-state index contributed by atoms with van der Waals surface area (Å²) in [4.78, 5) is 38.2. The molecule has 3 rings (SSSR count). The number of carbonyl (C=O) groups is 3. The maximum absolute atomic E-state index is 13.1. The van der Waals surface area contributed by atoms with Crippen LogP contribution in [0.2, 0.25) is 0 Å². The van der Waals surface area contributed by atoms with Crippen molar-refractivity contribution in [1.82, 2.24) is 10.2 Å². The number of carbonyl (C=O) groups excluding carboxylic acids is 3. The Bertz CT molecular complexity index is 937. The molecule has 0 unspecified atom stereocenters. The van der Waals surface area contributed by atoms with E-state index in [0.717, 1.165) is 27.9 Å². The number of imide groups is 1. The molecular weight excluding hydrogens is 408 g/mol. The lowest BCUT2D eigenvalue weighted by molar-refractivity contribution is -0.209. The lowest BCUT2D eigenvalue weighted by Gasteiger charge is -2.53. The molecule has 1 saturated heterocycles. The van der Waals surface area contributed by atoms with Crippen LogP contribution in [0.5, 0.6) is 0 Å². The Morgan fingerprint density at radius 1 is 1.27 bits per heavy atom. The molecule has 3 amide bonds. The van der Waals surface area contributed by atoms with Gasteiger partial charge in [-0.1, -0.05) is 33.3 Å². The van der Waals surface area contributed by atoms with Gasteiger partial charge in [0.25, 0.3) is 0 Å². The van der Waals surface area contributed by atoms with E-state index in [1.807, 2.05) is 45.0 Å². The van der Waals surface area contributed by atoms with Crippen LogP contribution in [-0.4, -0.2) is 34.9 Å². The highest BCUT2D eigenvalue weighted by Gasteiger charge is 2.62. The predicted molar refractivity (Wildman–Crippen MR) is 113 cm³/mol. The van der Waals surface area contributed by atoms with Crippen LogP contribution in [0, 0.1) is 5.41 Å². The van der Waals surface area contributed by atoms with Gasteiger partial charge in [0.2, 0.25) is 11.1 Å². The van der Waals surface area contributed by atoms with Crippen molar-refractivity contribution in [3.63, 3.8) is 0 Å². The fraction of sp³-hybridized carbons (Fsp3) is 0.500. The number of fused-ring (bicyclic) bond motifs is 1. The van der Waals surface area contributed by atoms with E-state index in [1.54, 1.807) is 6.26 Å². The standard InChI is InChI=1S/C22H27ClN2O5/c1-4-7-16(14-8-9-17-15(12-14)10-11-29-17)24-21(28)25-19(27)22(5-2,6-3)20(25)30-13-18(23)26/h8-12,16,20H,4-7,13H2,1-3H3,(H,24,28)/t16-,20+/m1/s1. The quantitative estimate of drug-likeness (QED) is 0.454. The van der Waals surface area contributed by atoms with Crippen LogP contribution in [-0.2, 0) is 14.3 Å². The molecular formula is C22H27ClN2O5. The molecule has 30 heavy (non-hydrogen) atoms. The first-order valence-electron chi connectivity index (χ1n) is 10.3. The highest BCUT2D eigenvalue weighted by Crippen LogP contribution is 2.46. The number of benzene rings is 1. The van der Waals surface area contributed by atoms with E-state index in [9.17, 15) is 14.4 Å². The number of likely N-dealkylation sites (tertiary alicyclic amines) is 1. The van der Waals surface area contributed by atoms with Crippen LogP contribution in [0.3, 0.4) is 0 Å². The summed E-state index contributed by atoms with van der Waals surface area (Å²) < 4.78 is 11.0. The minimum atomic E-state index is -0.820. The van der Waals surface area contributed by atoms with E-state index in [0.29, 0.717) is 19.3 Å². The van der Waals surface area contributed by atoms with Gasteiger partial charge in [0, 0.05) is 5.39 Å². The summed E-state index contributed by atoms with van der Waals surface area (Å²) in [5.41, 5.74) is 0.880. The van der Waals surface area contributed by atoms with Gasteiger partial charge in [0.15, 0.2) is 6.23 Å². The smallest absolute Gasteiger partial charge is 0.326 e. The van der Waals surface area contributed by atoms with Crippen molar-refractivity contribution < 1.29 is 23.5 Å². The van der Waals surface area contributed by atoms with Crippen molar-refractivity contribution >= 4 is 39.8 Å². The van der Waals surface area contributed by atoms with Crippen molar-refractivity contribution in [3.05, 3.63) is 36.1 Å². The Balaban J connectivity index is 1.81. The van der Waals surface area contributed by atoms with E-state index >= 15 is 0 Å². The summed E-state index contributed by atoms with van der Waals surface area (Å²) in [5.74, 6) is -0.294. The number of furan rings is 1. The Labute approximate surface area is 180 Å².